The number of likely N-dealkylation sites (tertiary alicyclic amines) is 1. The zero-order chi connectivity index (χ0) is 24.7. The Morgan fingerprint density at radius 1 is 1.32 bits per heavy atom. The molecule has 1 aromatic heterocycles. The molecule has 11 heteroatoms. The quantitative estimate of drug-likeness (QED) is 0.310. The number of nitrogens with one attached hydrogen (secondary N) is 4. The second-order valence-electron chi connectivity index (χ2n) is 8.10. The Morgan fingerprint density at radius 3 is 2.79 bits per heavy atom. The lowest BCUT2D eigenvalue weighted by molar-refractivity contribution is -0.137. The van der Waals surface area contributed by atoms with Crippen molar-refractivity contribution in [2.75, 3.05) is 25.1 Å². The van der Waals surface area contributed by atoms with E-state index in [9.17, 15) is 19.2 Å². The van der Waals surface area contributed by atoms with Crippen LogP contribution in [0.4, 0.5) is 4.79 Å². The highest BCUT2D eigenvalue weighted by atomic mass is 32.2. The van der Waals surface area contributed by atoms with Crippen LogP contribution in [0.25, 0.3) is 10.9 Å². The maximum atomic E-state index is 13.2. The zero-order valence-corrected chi connectivity index (χ0v) is 19.8. The molecule has 182 valence electrons. The minimum Gasteiger partial charge on any atom is -0.368 e. The number of H-pyrrole nitrogens is 1. The number of amides is 5. The number of carbonyl (C=O) groups is 4. The molecule has 1 aromatic carbocycles. The van der Waals surface area contributed by atoms with E-state index >= 15 is 0 Å². The number of thioether (sulfide) groups is 1. The Morgan fingerprint density at radius 2 is 2.09 bits per heavy atom. The highest BCUT2D eigenvalue weighted by molar-refractivity contribution is 7.99. The van der Waals surface area contributed by atoms with Crippen LogP contribution in [0.15, 0.2) is 43.1 Å². The van der Waals surface area contributed by atoms with Crippen molar-refractivity contribution in [3.8, 4) is 0 Å². The van der Waals surface area contributed by atoms with E-state index in [1.165, 1.54) is 16.7 Å². The van der Waals surface area contributed by atoms with Crippen LogP contribution in [-0.4, -0.2) is 76.9 Å². The van der Waals surface area contributed by atoms with Crippen molar-refractivity contribution in [1.29, 1.82) is 0 Å². The van der Waals surface area contributed by atoms with Gasteiger partial charge in [0.1, 0.15) is 12.1 Å². The number of urea groups is 1. The number of carbonyl (C=O) groups excluding carboxylic acids is 4. The molecule has 10 nitrogen and oxygen atoms in total. The first-order valence-corrected chi connectivity index (χ1v) is 12.3. The average molecular weight is 487 g/mol. The topological polar surface area (TPSA) is 149 Å². The third kappa shape index (κ3) is 6.10. The molecule has 0 aliphatic carbocycles. The van der Waals surface area contributed by atoms with Gasteiger partial charge in [0.05, 0.1) is 11.8 Å². The standard InChI is InChI=1S/C23H30N6O4S/c1-3-8-25-23(33)27-15-10-19(29(12-15)20(30)13-34-2)22(32)28-18(21(24)31)9-14-11-26-17-7-5-4-6-16(14)17/h3-7,11,15,18-19,26H,1,8-10,12-13H2,2H3,(H2,24,31)(H,28,32)(H2,25,27,33)/t15-,18+,19-/m0/s1. The van der Waals surface area contributed by atoms with Crippen LogP contribution >= 0.6 is 11.8 Å². The molecule has 0 unspecified atom stereocenters. The molecule has 1 aliphatic rings. The second-order valence-corrected chi connectivity index (χ2v) is 8.96. The van der Waals surface area contributed by atoms with E-state index in [0.717, 1.165) is 16.5 Å². The average Bonchev–Trinajstić information content (AvgIpc) is 3.42. The van der Waals surface area contributed by atoms with Crippen LogP contribution in [0.5, 0.6) is 0 Å². The molecule has 6 N–H and O–H groups in total. The van der Waals surface area contributed by atoms with Crippen molar-refractivity contribution in [2.24, 2.45) is 5.73 Å². The largest absolute Gasteiger partial charge is 0.368 e. The molecule has 2 aromatic rings. The summed E-state index contributed by atoms with van der Waals surface area (Å²) in [5.41, 5.74) is 7.37. The van der Waals surface area contributed by atoms with Crippen LogP contribution < -0.4 is 21.7 Å². The van der Waals surface area contributed by atoms with Crippen molar-refractivity contribution in [1.82, 2.24) is 25.8 Å². The number of hydrogen-bond acceptors (Lipinski definition) is 5. The second kappa shape index (κ2) is 11.6. The summed E-state index contributed by atoms with van der Waals surface area (Å²) in [5.74, 6) is -1.16. The fourth-order valence-electron chi connectivity index (χ4n) is 4.08. The fraction of sp³-hybridized carbons (Fsp3) is 0.391. The molecule has 5 amide bonds. The van der Waals surface area contributed by atoms with Gasteiger partial charge in [-0.25, -0.2) is 4.79 Å². The minimum atomic E-state index is -0.952. The van der Waals surface area contributed by atoms with E-state index in [1.807, 2.05) is 24.3 Å². The Labute approximate surface area is 202 Å². The molecule has 1 saturated heterocycles. The number of hydrogen-bond donors (Lipinski definition) is 5. The molecular formula is C23H30N6O4S. The molecule has 1 aliphatic heterocycles. The number of nitrogens with two attached hydrogens (primary N) is 1. The van der Waals surface area contributed by atoms with Gasteiger partial charge in [0.2, 0.25) is 17.7 Å². The van der Waals surface area contributed by atoms with Crippen molar-refractivity contribution < 1.29 is 19.2 Å². The van der Waals surface area contributed by atoms with Crippen molar-refractivity contribution in [2.45, 2.75) is 31.0 Å². The third-order valence-corrected chi connectivity index (χ3v) is 6.23. The van der Waals surface area contributed by atoms with Crippen LogP contribution in [-0.2, 0) is 20.8 Å². The SMILES string of the molecule is C=CCNC(=O)N[C@H]1C[C@@H](C(=O)N[C@H](Cc2c[nH]c3ccccc23)C(N)=O)N(C(=O)CSC)C1. The van der Waals surface area contributed by atoms with E-state index in [2.05, 4.69) is 27.5 Å². The molecule has 1 fully saturated rings. The van der Waals surface area contributed by atoms with E-state index in [-0.39, 0.29) is 31.0 Å². The van der Waals surface area contributed by atoms with Gasteiger partial charge in [0.15, 0.2) is 0 Å². The highest BCUT2D eigenvalue weighted by Crippen LogP contribution is 2.22. The van der Waals surface area contributed by atoms with Crippen molar-refractivity contribution in [3.63, 3.8) is 0 Å². The molecule has 0 bridgehead atoms. The number of fused-ring (bicyclic) bond motifs is 1. The van der Waals surface area contributed by atoms with Crippen LogP contribution in [0.3, 0.4) is 0 Å². The summed E-state index contributed by atoms with van der Waals surface area (Å²) in [7, 11) is 0. The van der Waals surface area contributed by atoms with Gasteiger partial charge in [0.25, 0.3) is 0 Å². The number of aromatic amines is 1. The van der Waals surface area contributed by atoms with Crippen LogP contribution in [0.2, 0.25) is 0 Å². The lowest BCUT2D eigenvalue weighted by atomic mass is 10.0. The number of para-hydroxylation sites is 1. The first-order valence-electron chi connectivity index (χ1n) is 10.9. The lowest BCUT2D eigenvalue weighted by Crippen LogP contribution is -2.53. The van der Waals surface area contributed by atoms with Gasteiger partial charge in [-0.15, -0.1) is 6.58 Å². The van der Waals surface area contributed by atoms with Gasteiger partial charge in [0, 0.05) is 36.6 Å². The summed E-state index contributed by atoms with van der Waals surface area (Å²) in [6.45, 7) is 4.04. The van der Waals surface area contributed by atoms with Gasteiger partial charge < -0.3 is 31.6 Å². The Kier molecular flexibility index (Phi) is 8.58. The Bertz CT molecular complexity index is 1070. The molecule has 0 spiro atoms. The number of nitrogens with zero attached hydrogens (tertiary/aromatic N) is 1. The predicted octanol–water partition coefficient (Wildman–Crippen LogP) is 0.498. The predicted molar refractivity (Wildman–Crippen MR) is 132 cm³/mol. The highest BCUT2D eigenvalue weighted by Gasteiger charge is 2.40. The van der Waals surface area contributed by atoms with Crippen molar-refractivity contribution in [3.05, 3.63) is 48.7 Å². The van der Waals surface area contributed by atoms with E-state index in [4.69, 9.17) is 5.73 Å². The monoisotopic (exact) mass is 486 g/mol. The molecule has 3 rings (SSSR count). The Hall–Kier alpha value is -3.47. The van der Waals surface area contributed by atoms with Gasteiger partial charge in [-0.1, -0.05) is 24.3 Å². The lowest BCUT2D eigenvalue weighted by Gasteiger charge is -2.25. The van der Waals surface area contributed by atoms with E-state index < -0.39 is 36.0 Å². The summed E-state index contributed by atoms with van der Waals surface area (Å²) >= 11 is 1.35. The molecule has 34 heavy (non-hydrogen) atoms. The summed E-state index contributed by atoms with van der Waals surface area (Å²) in [6, 6.07) is 5.05. The van der Waals surface area contributed by atoms with Gasteiger partial charge in [-0.2, -0.15) is 11.8 Å². The first-order chi connectivity index (χ1) is 16.3. The normalized spacial score (nSPS) is 18.3. The smallest absolute Gasteiger partial charge is 0.315 e. The molecular weight excluding hydrogens is 456 g/mol. The summed E-state index contributed by atoms with van der Waals surface area (Å²) < 4.78 is 0. The van der Waals surface area contributed by atoms with Gasteiger partial charge >= 0.3 is 6.03 Å². The summed E-state index contributed by atoms with van der Waals surface area (Å²) in [6.07, 6.45) is 5.58. The van der Waals surface area contributed by atoms with E-state index in [1.54, 1.807) is 18.5 Å². The summed E-state index contributed by atoms with van der Waals surface area (Å²) in [5, 5.41) is 9.07. The molecule has 0 saturated carbocycles. The molecule has 0 radical (unpaired) electrons. The minimum absolute atomic E-state index is 0.197. The zero-order valence-electron chi connectivity index (χ0n) is 19.0. The number of rotatable bonds is 10. The van der Waals surface area contributed by atoms with Gasteiger partial charge in [-0.05, 0) is 24.3 Å². The number of aromatic nitrogens is 1. The van der Waals surface area contributed by atoms with Crippen LogP contribution in [0.1, 0.15) is 12.0 Å². The number of primary amides is 1. The third-order valence-electron chi connectivity index (χ3n) is 5.69. The summed E-state index contributed by atoms with van der Waals surface area (Å²) in [4.78, 5) is 54.7. The van der Waals surface area contributed by atoms with E-state index in [0.29, 0.717) is 6.54 Å². The fourth-order valence-corrected chi connectivity index (χ4v) is 4.50. The van der Waals surface area contributed by atoms with Gasteiger partial charge in [-0.3, -0.25) is 14.4 Å². The Balaban J connectivity index is 1.72. The van der Waals surface area contributed by atoms with Crippen molar-refractivity contribution >= 4 is 46.4 Å². The molecule has 3 atom stereocenters. The first kappa shape index (κ1) is 25.2. The van der Waals surface area contributed by atoms with Crippen LogP contribution in [0, 0.1) is 0 Å². The maximum absolute atomic E-state index is 13.2. The molecule has 2 heterocycles. The maximum Gasteiger partial charge on any atom is 0.315 e. The number of benzene rings is 1.